The van der Waals surface area contributed by atoms with Crippen LogP contribution in [0.25, 0.3) is 11.0 Å². The van der Waals surface area contributed by atoms with E-state index in [1.54, 1.807) is 11.3 Å². The molecule has 136 valence electrons. The number of aromatic amines is 1. The smallest absolute Gasteiger partial charge is 0.224 e. The molecule has 0 spiro atoms. The Morgan fingerprint density at radius 3 is 3.19 bits per heavy atom. The van der Waals surface area contributed by atoms with E-state index in [-0.39, 0.29) is 11.8 Å². The minimum atomic E-state index is 0.0297. The number of piperidine rings is 1. The third kappa shape index (κ3) is 3.75. The lowest BCUT2D eigenvalue weighted by atomic mass is 9.97. The fourth-order valence-corrected chi connectivity index (χ4v) is 4.26. The molecule has 3 heterocycles. The van der Waals surface area contributed by atoms with E-state index in [4.69, 9.17) is 4.98 Å². The maximum Gasteiger partial charge on any atom is 0.224 e. The van der Waals surface area contributed by atoms with Crippen molar-refractivity contribution in [2.45, 2.75) is 26.2 Å². The Kier molecular flexibility index (Phi) is 4.93. The van der Waals surface area contributed by atoms with Crippen molar-refractivity contribution in [3.8, 4) is 0 Å². The zero-order valence-corrected chi connectivity index (χ0v) is 15.8. The lowest BCUT2D eigenvalue weighted by Crippen LogP contribution is -2.43. The SMILES string of the molecule is Cc1ccc2nc(N3CCCC(C(=O)NCCc4cccs4)C3)[nH]c2c1. The summed E-state index contributed by atoms with van der Waals surface area (Å²) in [5, 5.41) is 5.18. The van der Waals surface area contributed by atoms with Crippen LogP contribution in [-0.2, 0) is 11.2 Å². The Labute approximate surface area is 157 Å². The number of aryl methyl sites for hydroxylation is 1. The average Bonchev–Trinajstić information content (AvgIpc) is 3.31. The van der Waals surface area contributed by atoms with Gasteiger partial charge in [-0.05, 0) is 55.3 Å². The van der Waals surface area contributed by atoms with E-state index in [1.165, 1.54) is 10.4 Å². The lowest BCUT2D eigenvalue weighted by molar-refractivity contribution is -0.125. The van der Waals surface area contributed by atoms with Crippen LogP contribution in [0, 0.1) is 12.8 Å². The largest absolute Gasteiger partial charge is 0.355 e. The summed E-state index contributed by atoms with van der Waals surface area (Å²) in [7, 11) is 0. The fourth-order valence-electron chi connectivity index (χ4n) is 3.55. The number of carbonyl (C=O) groups is 1. The lowest BCUT2D eigenvalue weighted by Gasteiger charge is -2.31. The number of aromatic nitrogens is 2. The molecule has 0 aliphatic carbocycles. The molecule has 2 aromatic heterocycles. The number of anilines is 1. The molecule has 1 aliphatic heterocycles. The Bertz CT molecular complexity index is 886. The van der Waals surface area contributed by atoms with Crippen LogP contribution in [0.3, 0.4) is 0 Å². The van der Waals surface area contributed by atoms with Gasteiger partial charge in [-0.15, -0.1) is 11.3 Å². The second kappa shape index (κ2) is 7.50. The summed E-state index contributed by atoms with van der Waals surface area (Å²) in [5.41, 5.74) is 3.25. The van der Waals surface area contributed by atoms with Crippen molar-refractivity contribution in [2.75, 3.05) is 24.5 Å². The number of nitrogens with zero attached hydrogens (tertiary/aromatic N) is 2. The topological polar surface area (TPSA) is 61.0 Å². The van der Waals surface area contributed by atoms with Gasteiger partial charge in [-0.25, -0.2) is 4.98 Å². The number of rotatable bonds is 5. The Hall–Kier alpha value is -2.34. The monoisotopic (exact) mass is 368 g/mol. The van der Waals surface area contributed by atoms with Gasteiger partial charge in [0.05, 0.1) is 17.0 Å². The van der Waals surface area contributed by atoms with Gasteiger partial charge in [0.2, 0.25) is 11.9 Å². The zero-order chi connectivity index (χ0) is 17.9. The van der Waals surface area contributed by atoms with Gasteiger partial charge in [-0.1, -0.05) is 12.1 Å². The highest BCUT2D eigenvalue weighted by Gasteiger charge is 2.27. The summed E-state index contributed by atoms with van der Waals surface area (Å²) in [5.74, 6) is 1.07. The summed E-state index contributed by atoms with van der Waals surface area (Å²) in [6.07, 6.45) is 2.86. The number of hydrogen-bond acceptors (Lipinski definition) is 4. The molecular formula is C20H24N4OS. The van der Waals surface area contributed by atoms with Gasteiger partial charge in [-0.3, -0.25) is 4.79 Å². The van der Waals surface area contributed by atoms with Crippen LogP contribution in [-0.4, -0.2) is 35.5 Å². The van der Waals surface area contributed by atoms with Crippen molar-refractivity contribution >= 4 is 34.2 Å². The second-order valence-corrected chi connectivity index (χ2v) is 8.02. The van der Waals surface area contributed by atoms with Gasteiger partial charge in [-0.2, -0.15) is 0 Å². The van der Waals surface area contributed by atoms with Crippen LogP contribution < -0.4 is 10.2 Å². The number of fused-ring (bicyclic) bond motifs is 1. The van der Waals surface area contributed by atoms with Crippen LogP contribution in [0.5, 0.6) is 0 Å². The number of thiophene rings is 1. The van der Waals surface area contributed by atoms with Gasteiger partial charge in [0.15, 0.2) is 0 Å². The first-order valence-corrected chi connectivity index (χ1v) is 10.1. The second-order valence-electron chi connectivity index (χ2n) is 6.99. The number of hydrogen-bond donors (Lipinski definition) is 2. The number of nitrogens with one attached hydrogen (secondary N) is 2. The molecule has 0 bridgehead atoms. The first-order chi connectivity index (χ1) is 12.7. The van der Waals surface area contributed by atoms with E-state index >= 15 is 0 Å². The molecule has 6 heteroatoms. The summed E-state index contributed by atoms with van der Waals surface area (Å²) in [6, 6.07) is 10.4. The Morgan fingerprint density at radius 1 is 1.42 bits per heavy atom. The van der Waals surface area contributed by atoms with Crippen LogP contribution in [0.2, 0.25) is 0 Å². The standard InChI is InChI=1S/C20H24N4OS/c1-14-6-7-17-18(12-14)23-20(22-17)24-10-2-4-15(13-24)19(25)21-9-8-16-5-3-11-26-16/h3,5-7,11-12,15H,2,4,8-10,13H2,1H3,(H,21,25)(H,22,23). The molecule has 4 rings (SSSR count). The van der Waals surface area contributed by atoms with E-state index in [2.05, 4.69) is 51.8 Å². The van der Waals surface area contributed by atoms with Crippen LogP contribution in [0.4, 0.5) is 5.95 Å². The highest BCUT2D eigenvalue weighted by Crippen LogP contribution is 2.24. The summed E-state index contributed by atoms with van der Waals surface area (Å²) >= 11 is 1.74. The highest BCUT2D eigenvalue weighted by atomic mass is 32.1. The molecule has 1 saturated heterocycles. The van der Waals surface area contributed by atoms with Crippen molar-refractivity contribution < 1.29 is 4.79 Å². The molecule has 26 heavy (non-hydrogen) atoms. The molecule has 1 aliphatic rings. The van der Waals surface area contributed by atoms with Gasteiger partial charge < -0.3 is 15.2 Å². The van der Waals surface area contributed by atoms with Crippen molar-refractivity contribution in [3.63, 3.8) is 0 Å². The predicted octanol–water partition coefficient (Wildman–Crippen LogP) is 3.51. The number of carbonyl (C=O) groups excluding carboxylic acids is 1. The molecule has 1 amide bonds. The van der Waals surface area contributed by atoms with E-state index in [0.717, 1.165) is 49.3 Å². The molecular weight excluding hydrogens is 344 g/mol. The predicted molar refractivity (Wildman–Crippen MR) is 107 cm³/mol. The van der Waals surface area contributed by atoms with E-state index in [1.807, 2.05) is 6.07 Å². The van der Waals surface area contributed by atoms with Gasteiger partial charge in [0.25, 0.3) is 0 Å². The highest BCUT2D eigenvalue weighted by molar-refractivity contribution is 7.09. The fraction of sp³-hybridized carbons (Fsp3) is 0.400. The molecule has 1 fully saturated rings. The van der Waals surface area contributed by atoms with Crippen molar-refractivity contribution in [2.24, 2.45) is 5.92 Å². The molecule has 0 radical (unpaired) electrons. The molecule has 5 nitrogen and oxygen atoms in total. The van der Waals surface area contributed by atoms with Gasteiger partial charge >= 0.3 is 0 Å². The minimum absolute atomic E-state index is 0.0297. The third-order valence-electron chi connectivity index (χ3n) is 4.97. The summed E-state index contributed by atoms with van der Waals surface area (Å²) < 4.78 is 0. The van der Waals surface area contributed by atoms with Crippen LogP contribution >= 0.6 is 11.3 Å². The maximum atomic E-state index is 12.6. The van der Waals surface area contributed by atoms with Gasteiger partial charge in [0.1, 0.15) is 0 Å². The molecule has 1 atom stereocenters. The summed E-state index contributed by atoms with van der Waals surface area (Å²) in [6.45, 7) is 4.46. The molecule has 1 aromatic carbocycles. The number of imidazole rings is 1. The van der Waals surface area contributed by atoms with Gasteiger partial charge in [0, 0.05) is 24.5 Å². The first kappa shape index (κ1) is 17.1. The minimum Gasteiger partial charge on any atom is -0.355 e. The van der Waals surface area contributed by atoms with E-state index < -0.39 is 0 Å². The molecule has 0 saturated carbocycles. The Morgan fingerprint density at radius 2 is 2.35 bits per heavy atom. The van der Waals surface area contributed by atoms with Crippen molar-refractivity contribution in [1.82, 2.24) is 15.3 Å². The normalized spacial score (nSPS) is 17.6. The maximum absolute atomic E-state index is 12.6. The number of amides is 1. The summed E-state index contributed by atoms with van der Waals surface area (Å²) in [4.78, 5) is 24.2. The average molecular weight is 369 g/mol. The molecule has 3 aromatic rings. The third-order valence-corrected chi connectivity index (χ3v) is 5.90. The van der Waals surface area contributed by atoms with E-state index in [9.17, 15) is 4.79 Å². The number of H-pyrrole nitrogens is 1. The zero-order valence-electron chi connectivity index (χ0n) is 15.0. The number of benzene rings is 1. The molecule has 1 unspecified atom stereocenters. The Balaban J connectivity index is 1.37. The van der Waals surface area contributed by atoms with E-state index in [0.29, 0.717) is 6.54 Å². The van der Waals surface area contributed by atoms with Crippen LogP contribution in [0.15, 0.2) is 35.7 Å². The first-order valence-electron chi connectivity index (χ1n) is 9.20. The van der Waals surface area contributed by atoms with Crippen LogP contribution in [0.1, 0.15) is 23.3 Å². The quantitative estimate of drug-likeness (QED) is 0.724. The van der Waals surface area contributed by atoms with Crippen molar-refractivity contribution in [3.05, 3.63) is 46.2 Å². The van der Waals surface area contributed by atoms with Crippen molar-refractivity contribution in [1.29, 1.82) is 0 Å². The molecule has 2 N–H and O–H groups in total.